The van der Waals surface area contributed by atoms with Crippen LogP contribution in [0.1, 0.15) is 17.5 Å². The average molecular weight is 487 g/mol. The van der Waals surface area contributed by atoms with E-state index >= 15 is 0 Å². The Morgan fingerprint density at radius 3 is 2.43 bits per heavy atom. The molecule has 0 saturated carbocycles. The lowest BCUT2D eigenvalue weighted by Crippen LogP contribution is -2.03. The first kappa shape index (κ1) is 22.7. The average Bonchev–Trinajstić information content (AvgIpc) is 3.46. The number of hydrogen-bond donors (Lipinski definition) is 2. The van der Waals surface area contributed by atoms with Gasteiger partial charge in [0.1, 0.15) is 11.6 Å². The van der Waals surface area contributed by atoms with Crippen molar-refractivity contribution < 1.29 is 4.74 Å². The lowest BCUT2D eigenvalue weighted by atomic mass is 10.0. The van der Waals surface area contributed by atoms with E-state index < -0.39 is 0 Å². The van der Waals surface area contributed by atoms with Gasteiger partial charge in [0, 0.05) is 41.8 Å². The molecule has 2 aromatic carbocycles. The summed E-state index contributed by atoms with van der Waals surface area (Å²) >= 11 is 0. The molecular formula is C30H26N6O. The van der Waals surface area contributed by atoms with Crippen molar-refractivity contribution in [2.75, 3.05) is 17.7 Å². The molecule has 1 aliphatic rings. The van der Waals surface area contributed by atoms with Gasteiger partial charge in [0.15, 0.2) is 5.82 Å². The standard InChI is InChI=1S/C30H26N6O/c1-31-27-19-21(16-18-32-27)24-11-6-17-33-30(24)37-23-14-12-22(13-15-23)34-29-26-10-5-9-25(26)28(35-36-29)20-7-3-2-4-8-20/h2-4,6-8,11-19H,5,9-10H2,1H3,(H,31,32)(H,34,36). The Kier molecular flexibility index (Phi) is 6.17. The summed E-state index contributed by atoms with van der Waals surface area (Å²) in [6.07, 6.45) is 6.64. The molecule has 3 heterocycles. The molecule has 0 radical (unpaired) electrons. The Morgan fingerprint density at radius 1 is 0.757 bits per heavy atom. The van der Waals surface area contributed by atoms with Gasteiger partial charge in [0.05, 0.1) is 5.69 Å². The van der Waals surface area contributed by atoms with Crippen molar-refractivity contribution >= 4 is 17.3 Å². The number of hydrogen-bond acceptors (Lipinski definition) is 7. The summed E-state index contributed by atoms with van der Waals surface area (Å²) in [6.45, 7) is 0. The predicted octanol–water partition coefficient (Wildman–Crippen LogP) is 6.67. The normalized spacial score (nSPS) is 12.1. The van der Waals surface area contributed by atoms with Crippen molar-refractivity contribution in [3.8, 4) is 34.0 Å². The maximum absolute atomic E-state index is 6.17. The van der Waals surface area contributed by atoms with Crippen LogP contribution in [0.3, 0.4) is 0 Å². The molecule has 0 saturated heterocycles. The highest BCUT2D eigenvalue weighted by Crippen LogP contribution is 2.36. The summed E-state index contributed by atoms with van der Waals surface area (Å²) in [7, 11) is 1.85. The number of pyridine rings is 2. The molecule has 6 rings (SSSR count). The van der Waals surface area contributed by atoms with Crippen LogP contribution < -0.4 is 15.4 Å². The molecule has 37 heavy (non-hydrogen) atoms. The lowest BCUT2D eigenvalue weighted by Gasteiger charge is -2.14. The van der Waals surface area contributed by atoms with Crippen molar-refractivity contribution in [3.63, 3.8) is 0 Å². The fraction of sp³-hybridized carbons (Fsp3) is 0.133. The molecule has 0 amide bonds. The number of fused-ring (bicyclic) bond motifs is 1. The monoisotopic (exact) mass is 486 g/mol. The minimum absolute atomic E-state index is 0.539. The van der Waals surface area contributed by atoms with Crippen LogP contribution in [0.15, 0.2) is 91.3 Å². The van der Waals surface area contributed by atoms with Gasteiger partial charge in [-0.25, -0.2) is 9.97 Å². The molecule has 0 bridgehead atoms. The van der Waals surface area contributed by atoms with Crippen LogP contribution >= 0.6 is 0 Å². The lowest BCUT2D eigenvalue weighted by molar-refractivity contribution is 0.465. The summed E-state index contributed by atoms with van der Waals surface area (Å²) in [5.41, 5.74) is 7.46. The molecule has 5 aromatic rings. The maximum Gasteiger partial charge on any atom is 0.227 e. The van der Waals surface area contributed by atoms with Gasteiger partial charge in [-0.2, -0.15) is 0 Å². The second kappa shape index (κ2) is 10.1. The van der Waals surface area contributed by atoms with E-state index in [0.717, 1.165) is 59.0 Å². The highest BCUT2D eigenvalue weighted by Gasteiger charge is 2.22. The van der Waals surface area contributed by atoms with Crippen molar-refractivity contribution in [3.05, 3.63) is 102 Å². The smallest absolute Gasteiger partial charge is 0.227 e. The van der Waals surface area contributed by atoms with Gasteiger partial charge in [0.2, 0.25) is 5.88 Å². The quantitative estimate of drug-likeness (QED) is 0.266. The molecule has 7 nitrogen and oxygen atoms in total. The number of aromatic nitrogens is 4. The SMILES string of the molecule is CNc1cc(-c2cccnc2Oc2ccc(Nc3nnc(-c4ccccc4)c4c3CCC4)cc2)ccn1. The fourth-order valence-corrected chi connectivity index (χ4v) is 4.70. The van der Waals surface area contributed by atoms with Gasteiger partial charge < -0.3 is 15.4 Å². The zero-order chi connectivity index (χ0) is 25.0. The van der Waals surface area contributed by atoms with Gasteiger partial charge in [-0.15, -0.1) is 10.2 Å². The number of rotatable bonds is 7. The number of ether oxygens (including phenoxy) is 1. The summed E-state index contributed by atoms with van der Waals surface area (Å²) in [5, 5.41) is 15.7. The number of nitrogens with one attached hydrogen (secondary N) is 2. The van der Waals surface area contributed by atoms with E-state index in [9.17, 15) is 0 Å². The van der Waals surface area contributed by atoms with Gasteiger partial charge in [0.25, 0.3) is 0 Å². The molecule has 182 valence electrons. The van der Waals surface area contributed by atoms with Crippen LogP contribution in [0.25, 0.3) is 22.4 Å². The van der Waals surface area contributed by atoms with E-state index in [2.05, 4.69) is 42.9 Å². The van der Waals surface area contributed by atoms with Crippen molar-refractivity contribution in [2.24, 2.45) is 0 Å². The van der Waals surface area contributed by atoms with Crippen LogP contribution in [0, 0.1) is 0 Å². The van der Waals surface area contributed by atoms with Gasteiger partial charge in [-0.3, -0.25) is 0 Å². The minimum atomic E-state index is 0.539. The van der Waals surface area contributed by atoms with Crippen molar-refractivity contribution in [2.45, 2.75) is 19.3 Å². The molecule has 0 spiro atoms. The van der Waals surface area contributed by atoms with E-state index in [1.54, 1.807) is 12.4 Å². The Hall–Kier alpha value is -4.78. The molecule has 2 N–H and O–H groups in total. The maximum atomic E-state index is 6.17. The molecule has 0 aliphatic heterocycles. The molecule has 3 aromatic heterocycles. The van der Waals surface area contributed by atoms with E-state index in [0.29, 0.717) is 11.6 Å². The molecule has 0 unspecified atom stereocenters. The Balaban J connectivity index is 1.22. The molecule has 7 heteroatoms. The van der Waals surface area contributed by atoms with Gasteiger partial charge >= 0.3 is 0 Å². The fourth-order valence-electron chi connectivity index (χ4n) is 4.70. The van der Waals surface area contributed by atoms with Crippen LogP contribution in [0.4, 0.5) is 17.3 Å². The first-order chi connectivity index (χ1) is 18.3. The summed E-state index contributed by atoms with van der Waals surface area (Å²) < 4.78 is 6.17. The van der Waals surface area contributed by atoms with Gasteiger partial charge in [-0.1, -0.05) is 30.3 Å². The third-order valence-electron chi connectivity index (χ3n) is 6.52. The second-order valence-electron chi connectivity index (χ2n) is 8.86. The van der Waals surface area contributed by atoms with Crippen molar-refractivity contribution in [1.29, 1.82) is 0 Å². The molecular weight excluding hydrogens is 460 g/mol. The number of anilines is 3. The minimum Gasteiger partial charge on any atom is -0.438 e. The molecule has 1 aliphatic carbocycles. The van der Waals surface area contributed by atoms with Crippen molar-refractivity contribution in [1.82, 2.24) is 20.2 Å². The predicted molar refractivity (Wildman–Crippen MR) is 146 cm³/mol. The van der Waals surface area contributed by atoms with Crippen LogP contribution in [-0.4, -0.2) is 27.2 Å². The third kappa shape index (κ3) is 4.71. The topological polar surface area (TPSA) is 84.9 Å². The highest BCUT2D eigenvalue weighted by molar-refractivity contribution is 5.72. The summed E-state index contributed by atoms with van der Waals surface area (Å²) in [4.78, 5) is 8.77. The zero-order valence-electron chi connectivity index (χ0n) is 20.5. The van der Waals surface area contributed by atoms with E-state index in [-0.39, 0.29) is 0 Å². The van der Waals surface area contributed by atoms with Crippen LogP contribution in [-0.2, 0) is 12.8 Å². The third-order valence-corrected chi connectivity index (χ3v) is 6.52. The highest BCUT2D eigenvalue weighted by atomic mass is 16.5. The molecule has 0 fully saturated rings. The van der Waals surface area contributed by atoms with E-state index in [4.69, 9.17) is 4.74 Å². The zero-order valence-corrected chi connectivity index (χ0v) is 20.5. The van der Waals surface area contributed by atoms with E-state index in [1.165, 1.54) is 11.1 Å². The molecule has 0 atom stereocenters. The van der Waals surface area contributed by atoms with E-state index in [1.807, 2.05) is 73.8 Å². The summed E-state index contributed by atoms with van der Waals surface area (Å²) in [6, 6.07) is 25.9. The summed E-state index contributed by atoms with van der Waals surface area (Å²) in [5.74, 6) is 2.85. The number of nitrogens with zero attached hydrogens (tertiary/aromatic N) is 4. The first-order valence-electron chi connectivity index (χ1n) is 12.4. The Labute approximate surface area is 215 Å². The van der Waals surface area contributed by atoms with Crippen LogP contribution in [0.5, 0.6) is 11.6 Å². The first-order valence-corrected chi connectivity index (χ1v) is 12.4. The van der Waals surface area contributed by atoms with Gasteiger partial charge in [-0.05, 0) is 78.9 Å². The number of benzene rings is 2. The Morgan fingerprint density at radius 2 is 1.59 bits per heavy atom. The largest absolute Gasteiger partial charge is 0.438 e. The van der Waals surface area contributed by atoms with Crippen LogP contribution in [0.2, 0.25) is 0 Å². The second-order valence-corrected chi connectivity index (χ2v) is 8.86. The Bertz CT molecular complexity index is 1540.